The second-order valence-electron chi connectivity index (χ2n) is 6.09. The predicted octanol–water partition coefficient (Wildman–Crippen LogP) is 3.39. The Balaban J connectivity index is 1.82. The molecule has 1 fully saturated rings. The van der Waals surface area contributed by atoms with E-state index in [1.807, 2.05) is 25.1 Å². The van der Waals surface area contributed by atoms with Crippen LogP contribution in [0.1, 0.15) is 18.4 Å². The van der Waals surface area contributed by atoms with Crippen molar-refractivity contribution in [2.75, 3.05) is 11.9 Å². The summed E-state index contributed by atoms with van der Waals surface area (Å²) in [6, 6.07) is 13.5. The van der Waals surface area contributed by atoms with Crippen molar-refractivity contribution in [3.63, 3.8) is 0 Å². The summed E-state index contributed by atoms with van der Waals surface area (Å²) in [5, 5.41) is 2.84. The fraction of sp³-hybridized carbons (Fsp3) is 0.278. The van der Waals surface area contributed by atoms with Gasteiger partial charge < -0.3 is 5.32 Å². The van der Waals surface area contributed by atoms with Crippen LogP contribution in [0.4, 0.5) is 5.69 Å². The summed E-state index contributed by atoms with van der Waals surface area (Å²) >= 11 is 2.17. The number of nitrogens with one attached hydrogen (secondary N) is 1. The number of amides is 1. The summed E-state index contributed by atoms with van der Waals surface area (Å²) in [6.45, 7) is 2.27. The van der Waals surface area contributed by atoms with Gasteiger partial charge in [-0.3, -0.25) is 4.79 Å². The Labute approximate surface area is 161 Å². The normalized spacial score (nSPS) is 18.2. The quantitative estimate of drug-likeness (QED) is 0.697. The molecule has 1 saturated heterocycles. The summed E-state index contributed by atoms with van der Waals surface area (Å²) in [5.74, 6) is -0.282. The number of benzene rings is 2. The summed E-state index contributed by atoms with van der Waals surface area (Å²) in [7, 11) is -3.68. The lowest BCUT2D eigenvalue weighted by atomic mass is 10.2. The monoisotopic (exact) mass is 470 g/mol. The first-order chi connectivity index (χ1) is 11.9. The average Bonchev–Trinajstić information content (AvgIpc) is 3.06. The summed E-state index contributed by atoms with van der Waals surface area (Å²) < 4.78 is 28.1. The molecule has 0 radical (unpaired) electrons. The number of hydrogen-bond acceptors (Lipinski definition) is 3. The molecule has 25 heavy (non-hydrogen) atoms. The molecule has 0 aromatic heterocycles. The van der Waals surface area contributed by atoms with E-state index in [-0.39, 0.29) is 10.8 Å². The minimum absolute atomic E-state index is 0.229. The van der Waals surface area contributed by atoms with Crippen LogP contribution >= 0.6 is 22.6 Å². The van der Waals surface area contributed by atoms with Crippen LogP contribution in [-0.2, 0) is 14.8 Å². The number of halogens is 1. The van der Waals surface area contributed by atoms with E-state index in [0.29, 0.717) is 25.1 Å². The summed E-state index contributed by atoms with van der Waals surface area (Å²) in [5.41, 5.74) is 1.67. The maximum absolute atomic E-state index is 12.9. The molecule has 2 aromatic carbocycles. The van der Waals surface area contributed by atoms with Gasteiger partial charge in [0, 0.05) is 15.8 Å². The maximum atomic E-state index is 12.9. The first-order valence-corrected chi connectivity index (χ1v) is 10.5. The zero-order valence-electron chi connectivity index (χ0n) is 13.8. The van der Waals surface area contributed by atoms with Crippen molar-refractivity contribution in [1.82, 2.24) is 4.31 Å². The van der Waals surface area contributed by atoms with Gasteiger partial charge in [0.15, 0.2) is 0 Å². The van der Waals surface area contributed by atoms with Crippen LogP contribution in [0, 0.1) is 10.5 Å². The fourth-order valence-electron chi connectivity index (χ4n) is 2.93. The highest BCUT2D eigenvalue weighted by Gasteiger charge is 2.39. The molecule has 1 amide bonds. The lowest BCUT2D eigenvalue weighted by molar-refractivity contribution is -0.119. The third kappa shape index (κ3) is 4.04. The molecule has 1 atom stereocenters. The molecule has 0 aliphatic carbocycles. The minimum Gasteiger partial charge on any atom is -0.325 e. The molecule has 1 N–H and O–H groups in total. The molecule has 0 spiro atoms. The molecular weight excluding hydrogens is 451 g/mol. The van der Waals surface area contributed by atoms with E-state index < -0.39 is 16.1 Å². The molecule has 3 rings (SSSR count). The molecule has 0 bridgehead atoms. The smallest absolute Gasteiger partial charge is 0.243 e. The zero-order chi connectivity index (χ0) is 18.0. The van der Waals surface area contributed by atoms with Crippen LogP contribution in [0.25, 0.3) is 0 Å². The highest BCUT2D eigenvalue weighted by Crippen LogP contribution is 2.27. The van der Waals surface area contributed by atoms with Crippen molar-refractivity contribution in [1.29, 1.82) is 0 Å². The molecule has 2 aromatic rings. The van der Waals surface area contributed by atoms with Crippen molar-refractivity contribution >= 4 is 44.2 Å². The lowest BCUT2D eigenvalue weighted by Gasteiger charge is -2.23. The van der Waals surface area contributed by atoms with Gasteiger partial charge in [-0.1, -0.05) is 23.8 Å². The third-order valence-electron chi connectivity index (χ3n) is 4.23. The van der Waals surface area contributed by atoms with Gasteiger partial charge >= 0.3 is 0 Å². The van der Waals surface area contributed by atoms with Crippen molar-refractivity contribution in [2.24, 2.45) is 0 Å². The minimum atomic E-state index is -3.68. The molecule has 132 valence electrons. The van der Waals surface area contributed by atoms with E-state index in [9.17, 15) is 13.2 Å². The lowest BCUT2D eigenvalue weighted by Crippen LogP contribution is -2.43. The highest BCUT2D eigenvalue weighted by molar-refractivity contribution is 14.1. The number of aryl methyl sites for hydroxylation is 1. The van der Waals surface area contributed by atoms with E-state index in [1.54, 1.807) is 30.3 Å². The molecular formula is C18H19IN2O3S. The van der Waals surface area contributed by atoms with E-state index in [1.165, 1.54) is 4.31 Å². The molecule has 1 aliphatic heterocycles. The maximum Gasteiger partial charge on any atom is 0.243 e. The zero-order valence-corrected chi connectivity index (χ0v) is 16.7. The van der Waals surface area contributed by atoms with Crippen LogP contribution in [0.2, 0.25) is 0 Å². The Hall–Kier alpha value is -1.45. The van der Waals surface area contributed by atoms with E-state index in [2.05, 4.69) is 27.9 Å². The predicted molar refractivity (Wildman–Crippen MR) is 106 cm³/mol. The standard InChI is InChI=1S/C18H19IN2O3S/c1-13-7-9-16(10-8-13)25(23,24)21-11-3-6-17(21)18(22)20-15-5-2-4-14(19)12-15/h2,4-5,7-10,12,17H,3,6,11H2,1H3,(H,20,22)/t17-/m0/s1. The van der Waals surface area contributed by atoms with Crippen LogP contribution in [0.15, 0.2) is 53.4 Å². The topological polar surface area (TPSA) is 66.5 Å². The van der Waals surface area contributed by atoms with Crippen molar-refractivity contribution < 1.29 is 13.2 Å². The number of anilines is 1. The first-order valence-electron chi connectivity index (χ1n) is 8.03. The number of carbonyl (C=O) groups is 1. The number of sulfonamides is 1. The van der Waals surface area contributed by atoms with Crippen LogP contribution in [-0.4, -0.2) is 31.2 Å². The van der Waals surface area contributed by atoms with Crippen LogP contribution < -0.4 is 5.32 Å². The highest BCUT2D eigenvalue weighted by atomic mass is 127. The van der Waals surface area contributed by atoms with E-state index >= 15 is 0 Å². The molecule has 7 heteroatoms. The second-order valence-corrected chi connectivity index (χ2v) is 9.22. The number of rotatable bonds is 4. The van der Waals surface area contributed by atoms with Crippen LogP contribution in [0.3, 0.4) is 0 Å². The third-order valence-corrected chi connectivity index (χ3v) is 6.82. The van der Waals surface area contributed by atoms with Crippen molar-refractivity contribution in [3.05, 3.63) is 57.7 Å². The van der Waals surface area contributed by atoms with Gasteiger partial charge in [0.05, 0.1) is 4.90 Å². The first kappa shape index (κ1) is 18.3. The van der Waals surface area contributed by atoms with Gasteiger partial charge in [0.2, 0.25) is 15.9 Å². The molecule has 0 saturated carbocycles. The number of hydrogen-bond donors (Lipinski definition) is 1. The summed E-state index contributed by atoms with van der Waals surface area (Å²) in [4.78, 5) is 12.9. The fourth-order valence-corrected chi connectivity index (χ4v) is 5.13. The Morgan fingerprint density at radius 2 is 1.92 bits per heavy atom. The molecule has 1 heterocycles. The number of nitrogens with zero attached hydrogens (tertiary/aromatic N) is 1. The molecule has 1 aliphatic rings. The number of carbonyl (C=O) groups excluding carboxylic acids is 1. The van der Waals surface area contributed by atoms with E-state index in [0.717, 1.165) is 9.13 Å². The average molecular weight is 470 g/mol. The van der Waals surface area contributed by atoms with Gasteiger partial charge in [0.1, 0.15) is 6.04 Å². The van der Waals surface area contributed by atoms with Gasteiger partial charge in [-0.2, -0.15) is 4.31 Å². The van der Waals surface area contributed by atoms with E-state index in [4.69, 9.17) is 0 Å². The Morgan fingerprint density at radius 1 is 1.20 bits per heavy atom. The van der Waals surface area contributed by atoms with Gasteiger partial charge in [0.25, 0.3) is 0 Å². The Morgan fingerprint density at radius 3 is 2.60 bits per heavy atom. The molecule has 5 nitrogen and oxygen atoms in total. The SMILES string of the molecule is Cc1ccc(S(=O)(=O)N2CCC[C@H]2C(=O)Nc2cccc(I)c2)cc1. The largest absolute Gasteiger partial charge is 0.325 e. The van der Waals surface area contributed by atoms with Gasteiger partial charge in [-0.05, 0) is 72.7 Å². The molecule has 0 unspecified atom stereocenters. The Bertz CT molecular complexity index is 881. The van der Waals surface area contributed by atoms with Crippen molar-refractivity contribution in [3.8, 4) is 0 Å². The summed E-state index contributed by atoms with van der Waals surface area (Å²) in [6.07, 6.45) is 1.20. The Kier molecular flexibility index (Phi) is 5.45. The second kappa shape index (κ2) is 7.43. The van der Waals surface area contributed by atoms with Crippen LogP contribution in [0.5, 0.6) is 0 Å². The van der Waals surface area contributed by atoms with Crippen molar-refractivity contribution in [2.45, 2.75) is 30.7 Å². The van der Waals surface area contributed by atoms with Gasteiger partial charge in [-0.25, -0.2) is 8.42 Å². The van der Waals surface area contributed by atoms with Gasteiger partial charge in [-0.15, -0.1) is 0 Å².